The van der Waals surface area contributed by atoms with Gasteiger partial charge in [-0.25, -0.2) is 0 Å². The molecular weight excluding hydrogens is 172 g/mol. The molecule has 2 bridgehead atoms. The molecule has 0 aromatic carbocycles. The van der Waals surface area contributed by atoms with Gasteiger partial charge in [-0.2, -0.15) is 0 Å². The summed E-state index contributed by atoms with van der Waals surface area (Å²) in [7, 11) is 0. The van der Waals surface area contributed by atoms with Crippen LogP contribution in [-0.4, -0.2) is 10.7 Å². The van der Waals surface area contributed by atoms with E-state index in [1.807, 2.05) is 0 Å². The van der Waals surface area contributed by atoms with E-state index >= 15 is 0 Å². The summed E-state index contributed by atoms with van der Waals surface area (Å²) in [5, 5.41) is 10.8. The van der Waals surface area contributed by atoms with Gasteiger partial charge in [0.25, 0.3) is 0 Å². The molecule has 0 amide bonds. The van der Waals surface area contributed by atoms with Crippen molar-refractivity contribution in [3.63, 3.8) is 0 Å². The zero-order valence-corrected chi connectivity index (χ0v) is 10.2. The summed E-state index contributed by atoms with van der Waals surface area (Å²) in [4.78, 5) is 0. The first-order valence-corrected chi connectivity index (χ1v) is 5.92. The van der Waals surface area contributed by atoms with Gasteiger partial charge in [0.1, 0.15) is 0 Å². The van der Waals surface area contributed by atoms with Crippen LogP contribution < -0.4 is 0 Å². The van der Waals surface area contributed by atoms with Crippen LogP contribution in [-0.2, 0) is 0 Å². The molecule has 0 aliphatic heterocycles. The van der Waals surface area contributed by atoms with Gasteiger partial charge < -0.3 is 5.11 Å². The van der Waals surface area contributed by atoms with Gasteiger partial charge in [0.15, 0.2) is 0 Å². The quantitative estimate of drug-likeness (QED) is 0.630. The Bertz CT molecular complexity index is 243. The van der Waals surface area contributed by atoms with Gasteiger partial charge in [-0.3, -0.25) is 0 Å². The van der Waals surface area contributed by atoms with E-state index in [4.69, 9.17) is 0 Å². The Kier molecular flexibility index (Phi) is 1.91. The summed E-state index contributed by atoms with van der Waals surface area (Å²) >= 11 is 0. The second kappa shape index (κ2) is 2.55. The highest BCUT2D eigenvalue weighted by atomic mass is 16.3. The topological polar surface area (TPSA) is 20.2 Å². The van der Waals surface area contributed by atoms with Gasteiger partial charge in [-0.05, 0) is 41.9 Å². The van der Waals surface area contributed by atoms with E-state index in [0.717, 1.165) is 12.3 Å². The van der Waals surface area contributed by atoms with Crippen molar-refractivity contribution in [1.82, 2.24) is 0 Å². The van der Waals surface area contributed by atoms with Crippen molar-refractivity contribution in [1.29, 1.82) is 0 Å². The molecule has 0 radical (unpaired) electrons. The van der Waals surface area contributed by atoms with Crippen molar-refractivity contribution in [3.8, 4) is 0 Å². The lowest BCUT2D eigenvalue weighted by Crippen LogP contribution is -2.65. The maximum Gasteiger partial charge on any atom is 0.0729 e. The molecule has 3 atom stereocenters. The Balaban J connectivity index is 2.30. The highest BCUT2D eigenvalue weighted by Gasteiger charge is 2.63. The molecule has 1 N–H and O–H groups in total. The molecule has 3 aliphatic carbocycles. The Morgan fingerprint density at radius 1 is 1.21 bits per heavy atom. The Hall–Kier alpha value is -0.0400. The summed E-state index contributed by atoms with van der Waals surface area (Å²) in [6.07, 6.45) is 3.48. The predicted octanol–water partition coefficient (Wildman–Crippen LogP) is 3.22. The average molecular weight is 196 g/mol. The first kappa shape index (κ1) is 10.5. The Labute approximate surface area is 87.9 Å². The molecule has 0 aromatic heterocycles. The van der Waals surface area contributed by atoms with Crippen molar-refractivity contribution >= 4 is 0 Å². The molecule has 3 fully saturated rings. The average Bonchev–Trinajstić information content (AvgIpc) is 2.01. The first-order valence-electron chi connectivity index (χ1n) is 5.92. The van der Waals surface area contributed by atoms with Crippen molar-refractivity contribution in [3.05, 3.63) is 0 Å². The van der Waals surface area contributed by atoms with Gasteiger partial charge in [0, 0.05) is 0 Å². The molecule has 1 nitrogen and oxygen atoms in total. The number of rotatable bonds is 0. The standard InChI is InChI=1S/C13H24O/c1-11(2,3)13(14)7-6-9-8-10(13)12(9,4)5/h9-10,14H,6-8H2,1-5H3. The molecule has 3 aliphatic rings. The third-order valence-corrected chi connectivity index (χ3v) is 5.22. The Morgan fingerprint density at radius 2 is 1.79 bits per heavy atom. The van der Waals surface area contributed by atoms with E-state index in [1.165, 1.54) is 12.8 Å². The number of aliphatic hydroxyl groups is 1. The zero-order valence-electron chi connectivity index (χ0n) is 10.2. The van der Waals surface area contributed by atoms with Gasteiger partial charge >= 0.3 is 0 Å². The molecular formula is C13H24O. The van der Waals surface area contributed by atoms with Crippen LogP contribution in [0.4, 0.5) is 0 Å². The lowest BCUT2D eigenvalue weighted by atomic mass is 9.40. The van der Waals surface area contributed by atoms with E-state index in [1.54, 1.807) is 0 Å². The van der Waals surface area contributed by atoms with E-state index in [9.17, 15) is 5.11 Å². The molecule has 3 unspecified atom stereocenters. The SMILES string of the molecule is CC1(C)C2CCC(O)(C(C)(C)C)C1C2. The van der Waals surface area contributed by atoms with Crippen LogP contribution in [0, 0.1) is 22.7 Å². The molecule has 1 heteroatoms. The number of fused-ring (bicyclic) bond motifs is 2. The summed E-state index contributed by atoms with van der Waals surface area (Å²) in [5.41, 5.74) is -0.0220. The van der Waals surface area contributed by atoms with Crippen LogP contribution >= 0.6 is 0 Å². The van der Waals surface area contributed by atoms with Crippen molar-refractivity contribution in [2.75, 3.05) is 0 Å². The van der Waals surface area contributed by atoms with Gasteiger partial charge in [0.2, 0.25) is 0 Å². The van der Waals surface area contributed by atoms with Crippen molar-refractivity contribution in [2.45, 2.75) is 59.5 Å². The van der Waals surface area contributed by atoms with Crippen molar-refractivity contribution < 1.29 is 5.11 Å². The third-order valence-electron chi connectivity index (χ3n) is 5.22. The monoisotopic (exact) mass is 196 g/mol. The highest BCUT2D eigenvalue weighted by molar-refractivity contribution is 5.13. The van der Waals surface area contributed by atoms with Crippen LogP contribution in [0.15, 0.2) is 0 Å². The fourth-order valence-corrected chi connectivity index (χ4v) is 3.78. The second-order valence-electron chi connectivity index (χ2n) is 7.02. The van der Waals surface area contributed by atoms with Crippen LogP contribution in [0.5, 0.6) is 0 Å². The predicted molar refractivity (Wildman–Crippen MR) is 59.0 cm³/mol. The minimum absolute atomic E-state index is 0.0281. The van der Waals surface area contributed by atoms with Crippen LogP contribution in [0.3, 0.4) is 0 Å². The summed E-state index contributed by atoms with van der Waals surface area (Å²) in [6, 6.07) is 0. The normalized spacial score (nSPS) is 45.9. The lowest BCUT2D eigenvalue weighted by molar-refractivity contribution is -0.242. The fraction of sp³-hybridized carbons (Fsp3) is 1.00. The molecule has 82 valence electrons. The minimum Gasteiger partial charge on any atom is -0.389 e. The maximum absolute atomic E-state index is 10.8. The first-order chi connectivity index (χ1) is 6.19. The molecule has 3 rings (SSSR count). The van der Waals surface area contributed by atoms with Crippen LogP contribution in [0.1, 0.15) is 53.9 Å². The van der Waals surface area contributed by atoms with Crippen LogP contribution in [0.25, 0.3) is 0 Å². The van der Waals surface area contributed by atoms with Crippen LogP contribution in [0.2, 0.25) is 0 Å². The second-order valence-corrected chi connectivity index (χ2v) is 7.02. The van der Waals surface area contributed by atoms with E-state index in [0.29, 0.717) is 11.3 Å². The zero-order chi connectivity index (χ0) is 10.8. The third kappa shape index (κ3) is 1.05. The minimum atomic E-state index is -0.425. The van der Waals surface area contributed by atoms with Gasteiger partial charge in [-0.1, -0.05) is 34.6 Å². The highest BCUT2D eigenvalue weighted by Crippen LogP contribution is 2.66. The summed E-state index contributed by atoms with van der Waals surface area (Å²) in [6.45, 7) is 11.2. The van der Waals surface area contributed by atoms with Gasteiger partial charge in [0.05, 0.1) is 5.60 Å². The molecule has 0 spiro atoms. The van der Waals surface area contributed by atoms with E-state index in [2.05, 4.69) is 34.6 Å². The lowest BCUT2D eigenvalue weighted by Gasteiger charge is -2.66. The fourth-order valence-electron chi connectivity index (χ4n) is 3.78. The summed E-state index contributed by atoms with van der Waals surface area (Å²) in [5.74, 6) is 1.39. The Morgan fingerprint density at radius 3 is 2.07 bits per heavy atom. The molecule has 3 saturated carbocycles. The number of hydrogen-bond acceptors (Lipinski definition) is 1. The molecule has 0 saturated heterocycles. The van der Waals surface area contributed by atoms with E-state index in [-0.39, 0.29) is 5.41 Å². The number of hydrogen-bond donors (Lipinski definition) is 1. The maximum atomic E-state index is 10.8. The summed E-state index contributed by atoms with van der Waals surface area (Å²) < 4.78 is 0. The van der Waals surface area contributed by atoms with Crippen molar-refractivity contribution in [2.24, 2.45) is 22.7 Å². The molecule has 14 heavy (non-hydrogen) atoms. The molecule has 0 heterocycles. The smallest absolute Gasteiger partial charge is 0.0729 e. The largest absolute Gasteiger partial charge is 0.389 e. The molecule has 0 aromatic rings. The van der Waals surface area contributed by atoms with E-state index < -0.39 is 5.60 Å². The van der Waals surface area contributed by atoms with Gasteiger partial charge in [-0.15, -0.1) is 0 Å².